The second kappa shape index (κ2) is 2.80. The van der Waals surface area contributed by atoms with Gasteiger partial charge in [-0.1, -0.05) is 0 Å². The smallest absolute Gasteiger partial charge is 0.0521 e. The summed E-state index contributed by atoms with van der Waals surface area (Å²) >= 11 is 5.65. The van der Waals surface area contributed by atoms with Gasteiger partial charge < -0.3 is 5.73 Å². The molecule has 0 amide bonds. The highest BCUT2D eigenvalue weighted by atomic mass is 35.5. The number of rotatable bonds is 1. The van der Waals surface area contributed by atoms with Crippen molar-refractivity contribution in [2.45, 2.75) is 0 Å². The highest BCUT2D eigenvalue weighted by molar-refractivity contribution is 6.25. The predicted octanol–water partition coefficient (Wildman–Crippen LogP) is 1.86. The van der Waals surface area contributed by atoms with Crippen molar-refractivity contribution in [2.75, 3.05) is 17.2 Å². The monoisotopic (exact) mass is 156 g/mol. The Morgan fingerprint density at radius 3 is 2.20 bits per heavy atom. The summed E-state index contributed by atoms with van der Waals surface area (Å²) in [4.78, 5) is 0. The van der Waals surface area contributed by atoms with Crippen molar-refractivity contribution < 1.29 is 0 Å². The number of nitrogen functional groups attached to an aromatic ring is 1. The third-order valence-electron chi connectivity index (χ3n) is 1.25. The highest BCUT2D eigenvalue weighted by Gasteiger charge is 1.93. The molecule has 0 fully saturated rings. The second-order valence-electron chi connectivity index (χ2n) is 2.07. The van der Waals surface area contributed by atoms with Crippen LogP contribution in [0.3, 0.4) is 0 Å². The summed E-state index contributed by atoms with van der Waals surface area (Å²) in [5, 5.41) is 0. The van der Waals surface area contributed by atoms with E-state index in [-0.39, 0.29) is 0 Å². The third kappa shape index (κ3) is 1.54. The first kappa shape index (κ1) is 7.22. The molecule has 0 heterocycles. The summed E-state index contributed by atoms with van der Waals surface area (Å²) in [6.07, 6.45) is 0. The third-order valence-corrected chi connectivity index (χ3v) is 1.44. The van der Waals surface area contributed by atoms with Crippen LogP contribution in [0.4, 0.5) is 11.4 Å². The molecule has 0 spiro atoms. The number of nitrogens with two attached hydrogens (primary N) is 1. The van der Waals surface area contributed by atoms with Gasteiger partial charge in [-0.15, -0.1) is 0 Å². The van der Waals surface area contributed by atoms with Crippen LogP contribution in [0.25, 0.3) is 0 Å². The van der Waals surface area contributed by atoms with Gasteiger partial charge in [-0.3, -0.25) is 4.42 Å². The van der Waals surface area contributed by atoms with Crippen molar-refractivity contribution in [2.24, 2.45) is 0 Å². The first-order chi connectivity index (χ1) is 4.70. The first-order valence-electron chi connectivity index (χ1n) is 2.95. The molecule has 54 valence electrons. The molecule has 0 saturated carbocycles. The zero-order valence-electron chi connectivity index (χ0n) is 5.71. The molecule has 2 N–H and O–H groups in total. The molecule has 0 aliphatic carbocycles. The molecular weight excluding hydrogens is 148 g/mol. The Balaban J connectivity index is 2.89. The SMILES string of the molecule is CN(Cl)c1ccc(N)cc1. The zero-order chi connectivity index (χ0) is 7.56. The predicted molar refractivity (Wildman–Crippen MR) is 45.1 cm³/mol. The Kier molecular flexibility index (Phi) is 2.02. The summed E-state index contributed by atoms with van der Waals surface area (Å²) in [5.41, 5.74) is 7.16. The average molecular weight is 157 g/mol. The Morgan fingerprint density at radius 1 is 1.30 bits per heavy atom. The normalized spacial score (nSPS) is 9.40. The van der Waals surface area contributed by atoms with Gasteiger partial charge in [0.05, 0.1) is 5.69 Å². The summed E-state index contributed by atoms with van der Waals surface area (Å²) in [7, 11) is 1.77. The minimum absolute atomic E-state index is 0.752. The molecule has 1 aromatic carbocycles. The number of hydrogen-bond donors (Lipinski definition) is 1. The number of benzene rings is 1. The van der Waals surface area contributed by atoms with Crippen LogP contribution >= 0.6 is 11.8 Å². The van der Waals surface area contributed by atoms with Crippen molar-refractivity contribution in [3.63, 3.8) is 0 Å². The maximum absolute atomic E-state index is 5.65. The van der Waals surface area contributed by atoms with Crippen LogP contribution in [-0.2, 0) is 0 Å². The largest absolute Gasteiger partial charge is 0.399 e. The van der Waals surface area contributed by atoms with Crippen LogP contribution < -0.4 is 10.2 Å². The van der Waals surface area contributed by atoms with E-state index in [1.165, 1.54) is 4.42 Å². The first-order valence-corrected chi connectivity index (χ1v) is 3.29. The lowest BCUT2D eigenvalue weighted by Crippen LogP contribution is -1.99. The Bertz CT molecular complexity index is 205. The lowest BCUT2D eigenvalue weighted by atomic mass is 10.3. The lowest BCUT2D eigenvalue weighted by Gasteiger charge is -2.07. The van der Waals surface area contributed by atoms with Gasteiger partial charge in [-0.2, -0.15) is 0 Å². The van der Waals surface area contributed by atoms with Crippen LogP contribution in [0.5, 0.6) is 0 Å². The van der Waals surface area contributed by atoms with Crippen LogP contribution in [0.2, 0.25) is 0 Å². The fraction of sp³-hybridized carbons (Fsp3) is 0.143. The second-order valence-corrected chi connectivity index (χ2v) is 2.58. The van der Waals surface area contributed by atoms with E-state index in [1.54, 1.807) is 7.05 Å². The van der Waals surface area contributed by atoms with E-state index >= 15 is 0 Å². The number of hydrogen-bond acceptors (Lipinski definition) is 2. The van der Waals surface area contributed by atoms with Crippen molar-refractivity contribution in [3.05, 3.63) is 24.3 Å². The van der Waals surface area contributed by atoms with E-state index in [2.05, 4.69) is 0 Å². The Morgan fingerprint density at radius 2 is 1.80 bits per heavy atom. The summed E-state index contributed by atoms with van der Waals surface area (Å²) in [6, 6.07) is 7.35. The molecule has 0 radical (unpaired) electrons. The summed E-state index contributed by atoms with van der Waals surface area (Å²) in [5.74, 6) is 0. The zero-order valence-corrected chi connectivity index (χ0v) is 6.47. The number of anilines is 2. The van der Waals surface area contributed by atoms with Gasteiger partial charge in [-0.25, -0.2) is 0 Å². The Hall–Kier alpha value is -0.890. The van der Waals surface area contributed by atoms with Crippen molar-refractivity contribution >= 4 is 23.2 Å². The average Bonchev–Trinajstić information content (AvgIpc) is 1.88. The quantitative estimate of drug-likeness (QED) is 0.497. The fourth-order valence-corrected chi connectivity index (χ4v) is 0.792. The summed E-state index contributed by atoms with van der Waals surface area (Å²) < 4.78 is 1.51. The molecule has 0 aromatic heterocycles. The van der Waals surface area contributed by atoms with E-state index in [0.717, 1.165) is 11.4 Å². The van der Waals surface area contributed by atoms with Gasteiger partial charge in [0, 0.05) is 24.5 Å². The molecule has 0 atom stereocenters. The van der Waals surface area contributed by atoms with Crippen LogP contribution in [0.1, 0.15) is 0 Å². The van der Waals surface area contributed by atoms with Gasteiger partial charge in [0.25, 0.3) is 0 Å². The van der Waals surface area contributed by atoms with E-state index in [4.69, 9.17) is 17.5 Å². The van der Waals surface area contributed by atoms with Crippen molar-refractivity contribution in [3.8, 4) is 0 Å². The van der Waals surface area contributed by atoms with E-state index in [0.29, 0.717) is 0 Å². The van der Waals surface area contributed by atoms with E-state index < -0.39 is 0 Å². The molecule has 1 rings (SSSR count). The molecular formula is C7H9ClN2. The number of halogens is 1. The van der Waals surface area contributed by atoms with Crippen molar-refractivity contribution in [1.29, 1.82) is 0 Å². The standard InChI is InChI=1S/C7H9ClN2/c1-10(8)7-4-2-6(9)3-5-7/h2-5H,9H2,1H3. The minimum Gasteiger partial charge on any atom is -0.399 e. The molecule has 10 heavy (non-hydrogen) atoms. The minimum atomic E-state index is 0.752. The molecule has 0 saturated heterocycles. The molecule has 1 aromatic rings. The van der Waals surface area contributed by atoms with Gasteiger partial charge >= 0.3 is 0 Å². The van der Waals surface area contributed by atoms with Gasteiger partial charge in [-0.05, 0) is 24.3 Å². The molecule has 0 bridgehead atoms. The van der Waals surface area contributed by atoms with Crippen LogP contribution in [-0.4, -0.2) is 7.05 Å². The van der Waals surface area contributed by atoms with Gasteiger partial charge in [0.15, 0.2) is 0 Å². The highest BCUT2D eigenvalue weighted by Crippen LogP contribution is 2.15. The van der Waals surface area contributed by atoms with Gasteiger partial charge in [0.1, 0.15) is 0 Å². The maximum atomic E-state index is 5.65. The van der Waals surface area contributed by atoms with Crippen molar-refractivity contribution in [1.82, 2.24) is 0 Å². The van der Waals surface area contributed by atoms with E-state index in [1.807, 2.05) is 24.3 Å². The van der Waals surface area contributed by atoms with E-state index in [9.17, 15) is 0 Å². The molecule has 0 aliphatic rings. The molecule has 2 nitrogen and oxygen atoms in total. The molecule has 3 heteroatoms. The summed E-state index contributed by atoms with van der Waals surface area (Å²) in [6.45, 7) is 0. The van der Waals surface area contributed by atoms with Gasteiger partial charge in [0.2, 0.25) is 0 Å². The molecule has 0 unspecified atom stereocenters. The van der Waals surface area contributed by atoms with Crippen LogP contribution in [0, 0.1) is 0 Å². The van der Waals surface area contributed by atoms with Crippen LogP contribution in [0.15, 0.2) is 24.3 Å². The molecule has 0 aliphatic heterocycles. The fourth-order valence-electron chi connectivity index (χ4n) is 0.680. The number of nitrogens with zero attached hydrogens (tertiary/aromatic N) is 1. The maximum Gasteiger partial charge on any atom is 0.0521 e. The lowest BCUT2D eigenvalue weighted by molar-refractivity contribution is 1.35. The topological polar surface area (TPSA) is 29.3 Å². The Labute approximate surface area is 65.3 Å².